The molecule has 0 aliphatic heterocycles. The van der Waals surface area contributed by atoms with E-state index in [1.807, 2.05) is 50.5 Å². The summed E-state index contributed by atoms with van der Waals surface area (Å²) in [5.41, 5.74) is 2.76. The van der Waals surface area contributed by atoms with Crippen LogP contribution in [0.4, 0.5) is 0 Å². The first-order valence-electron chi connectivity index (χ1n) is 8.58. The van der Waals surface area contributed by atoms with Crippen LogP contribution < -0.4 is 10.1 Å². The zero-order valence-corrected chi connectivity index (χ0v) is 14.6. The van der Waals surface area contributed by atoms with Crippen molar-refractivity contribution in [2.45, 2.75) is 32.9 Å². The summed E-state index contributed by atoms with van der Waals surface area (Å²) >= 11 is 0. The third-order valence-corrected chi connectivity index (χ3v) is 3.88. The first-order chi connectivity index (χ1) is 12.1. The number of fused-ring (bicyclic) bond motifs is 1. The minimum absolute atomic E-state index is 0.0633. The maximum absolute atomic E-state index is 12.2. The van der Waals surface area contributed by atoms with Gasteiger partial charge in [0.15, 0.2) is 0 Å². The van der Waals surface area contributed by atoms with Gasteiger partial charge >= 0.3 is 0 Å². The van der Waals surface area contributed by atoms with E-state index >= 15 is 0 Å². The van der Waals surface area contributed by atoms with E-state index in [1.54, 1.807) is 12.1 Å². The fourth-order valence-corrected chi connectivity index (χ4v) is 2.70. The second-order valence-electron chi connectivity index (χ2n) is 6.23. The summed E-state index contributed by atoms with van der Waals surface area (Å²) in [6, 6.07) is 15.3. The Labute approximate surface area is 147 Å². The maximum atomic E-state index is 12.2. The quantitative estimate of drug-likeness (QED) is 0.670. The number of aryl methyl sites for hydroxylation is 1. The number of hydrogen-bond acceptors (Lipinski definition) is 3. The van der Waals surface area contributed by atoms with Gasteiger partial charge in [0.25, 0.3) is 5.91 Å². The number of nitrogens with zero attached hydrogens (tertiary/aromatic N) is 2. The van der Waals surface area contributed by atoms with Crippen molar-refractivity contribution in [2.75, 3.05) is 6.54 Å². The Morgan fingerprint density at radius 1 is 1.16 bits per heavy atom. The second-order valence-corrected chi connectivity index (χ2v) is 6.23. The molecule has 5 heteroatoms. The molecule has 25 heavy (non-hydrogen) atoms. The highest BCUT2D eigenvalue weighted by molar-refractivity contribution is 5.94. The van der Waals surface area contributed by atoms with Gasteiger partial charge in [-0.2, -0.15) is 0 Å². The topological polar surface area (TPSA) is 56.1 Å². The normalized spacial score (nSPS) is 11.0. The molecule has 0 bridgehead atoms. The molecule has 0 radical (unpaired) electrons. The zero-order valence-electron chi connectivity index (χ0n) is 14.6. The van der Waals surface area contributed by atoms with Crippen molar-refractivity contribution in [1.29, 1.82) is 0 Å². The molecule has 0 fully saturated rings. The molecule has 1 aromatic heterocycles. The van der Waals surface area contributed by atoms with Crippen LogP contribution in [-0.2, 0) is 6.54 Å². The van der Waals surface area contributed by atoms with Crippen LogP contribution in [0.15, 0.2) is 54.9 Å². The zero-order chi connectivity index (χ0) is 17.6. The van der Waals surface area contributed by atoms with E-state index < -0.39 is 0 Å². The molecule has 1 heterocycles. The first kappa shape index (κ1) is 17.0. The predicted octanol–water partition coefficient (Wildman–Crippen LogP) is 3.64. The standard InChI is InChI=1S/C20H23N3O2/c1-15(2)25-17-10-8-16(9-11-17)20(24)21-12-5-13-23-14-22-18-6-3-4-7-19(18)23/h3-4,6-11,14-15H,5,12-13H2,1-2H3,(H,21,24). The highest BCUT2D eigenvalue weighted by Gasteiger charge is 2.06. The van der Waals surface area contributed by atoms with E-state index in [0.717, 1.165) is 29.7 Å². The second kappa shape index (κ2) is 7.83. The van der Waals surface area contributed by atoms with Crippen LogP contribution in [0.2, 0.25) is 0 Å². The number of carbonyl (C=O) groups excluding carboxylic acids is 1. The van der Waals surface area contributed by atoms with Gasteiger partial charge in [0.2, 0.25) is 0 Å². The summed E-state index contributed by atoms with van der Waals surface area (Å²) in [5.74, 6) is 0.713. The Hall–Kier alpha value is -2.82. The van der Waals surface area contributed by atoms with Crippen LogP contribution >= 0.6 is 0 Å². The number of rotatable bonds is 7. The van der Waals surface area contributed by atoms with Crippen molar-refractivity contribution in [1.82, 2.24) is 14.9 Å². The summed E-state index contributed by atoms with van der Waals surface area (Å²) in [6.07, 6.45) is 2.82. The fraction of sp³-hybridized carbons (Fsp3) is 0.300. The summed E-state index contributed by atoms with van der Waals surface area (Å²) in [6.45, 7) is 5.39. The van der Waals surface area contributed by atoms with E-state index in [2.05, 4.69) is 20.9 Å². The van der Waals surface area contributed by atoms with E-state index in [-0.39, 0.29) is 12.0 Å². The van der Waals surface area contributed by atoms with E-state index in [4.69, 9.17) is 4.74 Å². The van der Waals surface area contributed by atoms with Gasteiger partial charge in [-0.25, -0.2) is 4.98 Å². The van der Waals surface area contributed by atoms with Gasteiger partial charge in [-0.1, -0.05) is 12.1 Å². The van der Waals surface area contributed by atoms with Gasteiger partial charge in [-0.3, -0.25) is 4.79 Å². The molecule has 2 aromatic carbocycles. The first-order valence-corrected chi connectivity index (χ1v) is 8.58. The van der Waals surface area contributed by atoms with Gasteiger partial charge < -0.3 is 14.6 Å². The Balaban J connectivity index is 1.48. The number of aromatic nitrogens is 2. The van der Waals surface area contributed by atoms with Crippen LogP contribution in [-0.4, -0.2) is 28.1 Å². The van der Waals surface area contributed by atoms with Crippen LogP contribution in [0, 0.1) is 0 Å². The molecule has 0 spiro atoms. The lowest BCUT2D eigenvalue weighted by Crippen LogP contribution is -2.25. The predicted molar refractivity (Wildman–Crippen MR) is 98.9 cm³/mol. The average Bonchev–Trinajstić information content (AvgIpc) is 3.02. The minimum atomic E-state index is -0.0633. The number of para-hydroxylation sites is 2. The molecule has 5 nitrogen and oxygen atoms in total. The van der Waals surface area contributed by atoms with Crippen LogP contribution in [0.1, 0.15) is 30.6 Å². The molecule has 3 aromatic rings. The van der Waals surface area contributed by atoms with Crippen molar-refractivity contribution >= 4 is 16.9 Å². The fourth-order valence-electron chi connectivity index (χ4n) is 2.70. The number of benzene rings is 2. The van der Waals surface area contributed by atoms with Gasteiger partial charge in [-0.05, 0) is 56.7 Å². The molecule has 1 N–H and O–H groups in total. The molecule has 0 saturated heterocycles. The number of ether oxygens (including phenoxy) is 1. The summed E-state index contributed by atoms with van der Waals surface area (Å²) in [4.78, 5) is 16.6. The lowest BCUT2D eigenvalue weighted by molar-refractivity contribution is 0.0952. The van der Waals surface area contributed by atoms with Gasteiger partial charge in [0, 0.05) is 18.7 Å². The number of imidazole rings is 1. The third-order valence-electron chi connectivity index (χ3n) is 3.88. The largest absolute Gasteiger partial charge is 0.491 e. The number of nitrogens with one attached hydrogen (secondary N) is 1. The molecule has 3 rings (SSSR count). The molecule has 0 unspecified atom stereocenters. The van der Waals surface area contributed by atoms with E-state index in [9.17, 15) is 4.79 Å². The summed E-state index contributed by atoms with van der Waals surface area (Å²) < 4.78 is 7.69. The number of hydrogen-bond donors (Lipinski definition) is 1. The molecule has 1 amide bonds. The molecule has 0 aliphatic rings. The molecule has 0 atom stereocenters. The van der Waals surface area contributed by atoms with Crippen LogP contribution in [0.25, 0.3) is 11.0 Å². The maximum Gasteiger partial charge on any atom is 0.251 e. The Morgan fingerprint density at radius 3 is 2.68 bits per heavy atom. The molecular weight excluding hydrogens is 314 g/mol. The van der Waals surface area contributed by atoms with Crippen LogP contribution in [0.3, 0.4) is 0 Å². The average molecular weight is 337 g/mol. The smallest absolute Gasteiger partial charge is 0.251 e. The monoisotopic (exact) mass is 337 g/mol. The van der Waals surface area contributed by atoms with E-state index in [1.165, 1.54) is 0 Å². The van der Waals surface area contributed by atoms with Gasteiger partial charge in [0.1, 0.15) is 5.75 Å². The lowest BCUT2D eigenvalue weighted by Gasteiger charge is -2.10. The van der Waals surface area contributed by atoms with Crippen molar-refractivity contribution in [3.63, 3.8) is 0 Å². The van der Waals surface area contributed by atoms with E-state index in [0.29, 0.717) is 12.1 Å². The lowest BCUT2D eigenvalue weighted by atomic mass is 10.2. The minimum Gasteiger partial charge on any atom is -0.491 e. The Morgan fingerprint density at radius 2 is 1.92 bits per heavy atom. The molecular formula is C20H23N3O2. The Kier molecular flexibility index (Phi) is 5.33. The molecule has 0 saturated carbocycles. The van der Waals surface area contributed by atoms with Crippen molar-refractivity contribution in [3.8, 4) is 5.75 Å². The van der Waals surface area contributed by atoms with Crippen molar-refractivity contribution < 1.29 is 9.53 Å². The third kappa shape index (κ3) is 4.38. The summed E-state index contributed by atoms with van der Waals surface area (Å²) in [5, 5.41) is 2.96. The van der Waals surface area contributed by atoms with Crippen molar-refractivity contribution in [2.24, 2.45) is 0 Å². The molecule has 130 valence electrons. The Bertz CT molecular complexity index is 838. The molecule has 0 aliphatic carbocycles. The van der Waals surface area contributed by atoms with Crippen LogP contribution in [0.5, 0.6) is 5.75 Å². The number of carbonyl (C=O) groups is 1. The SMILES string of the molecule is CC(C)Oc1ccc(C(=O)NCCCn2cnc3ccccc32)cc1. The number of amides is 1. The van der Waals surface area contributed by atoms with Crippen molar-refractivity contribution in [3.05, 3.63) is 60.4 Å². The summed E-state index contributed by atoms with van der Waals surface area (Å²) in [7, 11) is 0. The highest BCUT2D eigenvalue weighted by Crippen LogP contribution is 2.14. The van der Waals surface area contributed by atoms with Gasteiger partial charge in [0.05, 0.1) is 23.5 Å². The van der Waals surface area contributed by atoms with Gasteiger partial charge in [-0.15, -0.1) is 0 Å². The highest BCUT2D eigenvalue weighted by atomic mass is 16.5.